The topological polar surface area (TPSA) is 86.5 Å². The molecule has 1 aliphatic rings. The van der Waals surface area contributed by atoms with Crippen molar-refractivity contribution in [3.63, 3.8) is 0 Å². The van der Waals surface area contributed by atoms with Crippen molar-refractivity contribution in [3.8, 4) is 34.4 Å². The third kappa shape index (κ3) is 3.87. The van der Waals surface area contributed by atoms with Gasteiger partial charge in [-0.2, -0.15) is 0 Å². The van der Waals surface area contributed by atoms with Gasteiger partial charge < -0.3 is 19.2 Å². The molecule has 32 heavy (non-hydrogen) atoms. The number of nitrogens with zero attached hydrogens (tertiary/aromatic N) is 2. The molecule has 1 N–H and O–H groups in total. The molecule has 1 aromatic heterocycles. The molecule has 5 rings (SSSR count). The summed E-state index contributed by atoms with van der Waals surface area (Å²) in [6.45, 7) is 1.99. The summed E-state index contributed by atoms with van der Waals surface area (Å²) in [5, 5.41) is 10.8. The molecule has 0 aliphatic carbocycles. The molecule has 3 aromatic carbocycles. The van der Waals surface area contributed by atoms with Crippen LogP contribution in [0.5, 0.6) is 11.5 Å². The fraction of sp³-hybridized carbons (Fsp3) is 0.0870. The molecule has 0 fully saturated rings. The Morgan fingerprint density at radius 2 is 1.44 bits per heavy atom. The van der Waals surface area contributed by atoms with Gasteiger partial charge in [-0.05, 0) is 55.5 Å². The fourth-order valence-corrected chi connectivity index (χ4v) is 3.15. The Balaban J connectivity index is 1.29. The van der Waals surface area contributed by atoms with E-state index in [0.717, 1.165) is 11.1 Å². The van der Waals surface area contributed by atoms with Gasteiger partial charge in [0, 0.05) is 28.4 Å². The first-order chi connectivity index (χ1) is 15.4. The lowest BCUT2D eigenvalue weighted by Crippen LogP contribution is -2.25. The minimum Gasteiger partial charge on any atom is -0.416 e. The zero-order valence-electron chi connectivity index (χ0n) is 16.6. The molecular weight excluding hydrogens is 420 g/mol. The Morgan fingerprint density at radius 1 is 0.844 bits per heavy atom. The number of alkyl halides is 2. The number of hydrogen-bond donors (Lipinski definition) is 1. The first kappa shape index (κ1) is 19.7. The van der Waals surface area contributed by atoms with E-state index in [0.29, 0.717) is 28.6 Å². The second-order valence-corrected chi connectivity index (χ2v) is 7.14. The van der Waals surface area contributed by atoms with Gasteiger partial charge in [0.1, 0.15) is 0 Å². The normalized spacial score (nSPS) is 13.7. The molecule has 0 saturated heterocycles. The van der Waals surface area contributed by atoms with Gasteiger partial charge in [0.25, 0.3) is 5.91 Å². The smallest absolute Gasteiger partial charge is 0.416 e. The Bertz CT molecular complexity index is 1300. The van der Waals surface area contributed by atoms with Gasteiger partial charge in [0.15, 0.2) is 11.5 Å². The van der Waals surface area contributed by atoms with Crippen LogP contribution < -0.4 is 14.8 Å². The number of halogens is 2. The van der Waals surface area contributed by atoms with E-state index in [9.17, 15) is 13.6 Å². The summed E-state index contributed by atoms with van der Waals surface area (Å²) in [7, 11) is 0. The number of benzene rings is 3. The Labute approximate surface area is 180 Å². The van der Waals surface area contributed by atoms with Crippen molar-refractivity contribution >= 4 is 11.6 Å². The van der Waals surface area contributed by atoms with Crippen LogP contribution in [-0.4, -0.2) is 22.4 Å². The van der Waals surface area contributed by atoms with Crippen LogP contribution in [0.15, 0.2) is 71.1 Å². The van der Waals surface area contributed by atoms with E-state index in [4.69, 9.17) is 4.42 Å². The van der Waals surface area contributed by atoms with Gasteiger partial charge in [0.05, 0.1) is 0 Å². The first-order valence-corrected chi connectivity index (χ1v) is 9.58. The fourth-order valence-electron chi connectivity index (χ4n) is 3.15. The number of ether oxygens (including phenoxy) is 2. The lowest BCUT2D eigenvalue weighted by molar-refractivity contribution is -0.286. The number of fused-ring (bicyclic) bond motifs is 1. The Morgan fingerprint density at radius 3 is 2.09 bits per heavy atom. The van der Waals surface area contributed by atoms with Crippen LogP contribution in [0.4, 0.5) is 14.5 Å². The molecule has 0 saturated carbocycles. The van der Waals surface area contributed by atoms with E-state index in [1.54, 1.807) is 24.3 Å². The molecule has 9 heteroatoms. The maximum Gasteiger partial charge on any atom is 0.586 e. The molecule has 7 nitrogen and oxygen atoms in total. The van der Waals surface area contributed by atoms with E-state index in [1.165, 1.54) is 18.2 Å². The van der Waals surface area contributed by atoms with Gasteiger partial charge >= 0.3 is 6.29 Å². The molecule has 0 radical (unpaired) electrons. The van der Waals surface area contributed by atoms with Crippen molar-refractivity contribution in [2.75, 3.05) is 5.32 Å². The molecule has 0 unspecified atom stereocenters. The number of rotatable bonds is 4. The summed E-state index contributed by atoms with van der Waals surface area (Å²) in [6, 6.07) is 18.3. The molecule has 4 aromatic rings. The summed E-state index contributed by atoms with van der Waals surface area (Å²) in [5.74, 6) is 0.0540. The molecule has 0 spiro atoms. The van der Waals surface area contributed by atoms with Gasteiger partial charge in [-0.1, -0.05) is 17.7 Å². The summed E-state index contributed by atoms with van der Waals surface area (Å²) in [4.78, 5) is 12.5. The lowest BCUT2D eigenvalue weighted by Gasteiger charge is -2.06. The van der Waals surface area contributed by atoms with Gasteiger partial charge in [-0.3, -0.25) is 4.79 Å². The van der Waals surface area contributed by atoms with Crippen LogP contribution in [0, 0.1) is 6.92 Å². The minimum atomic E-state index is -3.71. The third-order valence-electron chi connectivity index (χ3n) is 4.78. The average molecular weight is 435 g/mol. The molecule has 2 heterocycles. The van der Waals surface area contributed by atoms with Gasteiger partial charge in [-0.15, -0.1) is 19.0 Å². The van der Waals surface area contributed by atoms with Crippen molar-refractivity contribution in [2.45, 2.75) is 13.2 Å². The number of hydrogen-bond acceptors (Lipinski definition) is 6. The second kappa shape index (κ2) is 7.45. The Kier molecular flexibility index (Phi) is 4.58. The average Bonchev–Trinajstić information content (AvgIpc) is 3.37. The number of aryl methyl sites for hydroxylation is 1. The van der Waals surface area contributed by atoms with Crippen LogP contribution >= 0.6 is 0 Å². The summed E-state index contributed by atoms with van der Waals surface area (Å²) in [5.41, 5.74) is 3.24. The zero-order chi connectivity index (χ0) is 22.3. The zero-order valence-corrected chi connectivity index (χ0v) is 16.6. The highest BCUT2D eigenvalue weighted by Crippen LogP contribution is 2.42. The third-order valence-corrected chi connectivity index (χ3v) is 4.78. The van der Waals surface area contributed by atoms with E-state index in [-0.39, 0.29) is 11.5 Å². The predicted molar refractivity (Wildman–Crippen MR) is 111 cm³/mol. The van der Waals surface area contributed by atoms with Crippen molar-refractivity contribution in [3.05, 3.63) is 77.9 Å². The number of amides is 1. The lowest BCUT2D eigenvalue weighted by atomic mass is 10.1. The van der Waals surface area contributed by atoms with E-state index in [2.05, 4.69) is 25.0 Å². The summed E-state index contributed by atoms with van der Waals surface area (Å²) in [6.07, 6.45) is -3.71. The number of anilines is 1. The predicted octanol–water partition coefficient (Wildman–Crippen LogP) is 5.29. The molecule has 0 bridgehead atoms. The number of nitrogens with one attached hydrogen (secondary N) is 1. The highest BCUT2D eigenvalue weighted by atomic mass is 19.3. The molecule has 160 valence electrons. The van der Waals surface area contributed by atoms with E-state index >= 15 is 0 Å². The molecule has 1 aliphatic heterocycles. The van der Waals surface area contributed by atoms with Crippen LogP contribution in [0.3, 0.4) is 0 Å². The van der Waals surface area contributed by atoms with Crippen LogP contribution in [0.1, 0.15) is 15.9 Å². The molecule has 0 atom stereocenters. The van der Waals surface area contributed by atoms with Crippen molar-refractivity contribution in [1.82, 2.24) is 10.2 Å². The van der Waals surface area contributed by atoms with Crippen LogP contribution in [0.25, 0.3) is 22.9 Å². The van der Waals surface area contributed by atoms with Crippen LogP contribution in [0.2, 0.25) is 0 Å². The summed E-state index contributed by atoms with van der Waals surface area (Å²) >= 11 is 0. The number of carbonyl (C=O) groups excluding carboxylic acids is 1. The first-order valence-electron chi connectivity index (χ1n) is 9.58. The maximum atomic E-state index is 13.1. The van der Waals surface area contributed by atoms with Crippen molar-refractivity contribution in [2.24, 2.45) is 0 Å². The SMILES string of the molecule is Cc1ccc(-c2nnc(-c3ccc(C(=O)Nc4ccc5c(c4)OC(F)(F)O5)cc3)o2)cc1. The van der Waals surface area contributed by atoms with Gasteiger partial charge in [-0.25, -0.2) is 0 Å². The van der Waals surface area contributed by atoms with Crippen molar-refractivity contribution in [1.29, 1.82) is 0 Å². The second-order valence-electron chi connectivity index (χ2n) is 7.14. The molecular formula is C23H15F2N3O4. The maximum absolute atomic E-state index is 13.1. The van der Waals surface area contributed by atoms with Gasteiger partial charge in [0.2, 0.25) is 11.8 Å². The number of aromatic nitrogens is 2. The number of carbonyl (C=O) groups is 1. The van der Waals surface area contributed by atoms with Crippen molar-refractivity contribution < 1.29 is 27.5 Å². The summed E-state index contributed by atoms with van der Waals surface area (Å²) < 4.78 is 40.8. The highest BCUT2D eigenvalue weighted by molar-refractivity contribution is 6.04. The standard InChI is InChI=1S/C23H15F2N3O4/c1-13-2-4-15(5-3-13)21-27-28-22(30-21)16-8-6-14(7-9-16)20(29)26-17-10-11-18-19(12-17)32-23(24,25)31-18/h2-12H,1H3,(H,26,29). The monoisotopic (exact) mass is 435 g/mol. The van der Waals surface area contributed by atoms with E-state index in [1.807, 2.05) is 31.2 Å². The largest absolute Gasteiger partial charge is 0.586 e. The van der Waals surface area contributed by atoms with E-state index < -0.39 is 12.2 Å². The Hall–Kier alpha value is -4.27. The van der Waals surface area contributed by atoms with Crippen LogP contribution in [-0.2, 0) is 0 Å². The quantitative estimate of drug-likeness (QED) is 0.469. The molecule has 1 amide bonds. The highest BCUT2D eigenvalue weighted by Gasteiger charge is 2.43. The minimum absolute atomic E-state index is 0.0954.